The molecule has 3 aromatic rings. The van der Waals surface area contributed by atoms with Gasteiger partial charge >= 0.3 is 0 Å². The molecule has 1 atom stereocenters. The van der Waals surface area contributed by atoms with E-state index in [0.29, 0.717) is 25.2 Å². The highest BCUT2D eigenvalue weighted by Gasteiger charge is 2.32. The molecule has 1 aromatic heterocycles. The Morgan fingerprint density at radius 1 is 1.19 bits per heavy atom. The van der Waals surface area contributed by atoms with Crippen molar-refractivity contribution in [1.29, 1.82) is 0 Å². The minimum Gasteiger partial charge on any atom is -0.350 e. The van der Waals surface area contributed by atoms with Crippen molar-refractivity contribution in [2.24, 2.45) is 0 Å². The molecule has 1 aliphatic rings. The summed E-state index contributed by atoms with van der Waals surface area (Å²) in [6, 6.07) is 15.8. The summed E-state index contributed by atoms with van der Waals surface area (Å²) in [5, 5.41) is 5.02. The molecule has 0 saturated heterocycles. The van der Waals surface area contributed by atoms with Crippen LogP contribution in [-0.4, -0.2) is 46.4 Å². The SMILES string of the molecule is CN(C)[C@@H](CNC(=O)c1ccc(Cl)c(S(=O)(=O)N2CCc3ccccc32)c1)c1cccs1. The number of benzene rings is 2. The lowest BCUT2D eigenvalue weighted by Gasteiger charge is -2.24. The van der Waals surface area contributed by atoms with Gasteiger partial charge in [0, 0.05) is 23.5 Å². The first-order chi connectivity index (χ1) is 15.3. The first-order valence-corrected chi connectivity index (χ1v) is 12.9. The molecule has 1 N–H and O–H groups in total. The van der Waals surface area contributed by atoms with E-state index < -0.39 is 10.0 Å². The second kappa shape index (κ2) is 9.23. The maximum atomic E-state index is 13.4. The molecule has 0 saturated carbocycles. The summed E-state index contributed by atoms with van der Waals surface area (Å²) in [7, 11) is 0.00737. The van der Waals surface area contributed by atoms with Gasteiger partial charge in [-0.1, -0.05) is 35.9 Å². The molecule has 1 amide bonds. The Morgan fingerprint density at radius 2 is 1.97 bits per heavy atom. The molecule has 32 heavy (non-hydrogen) atoms. The van der Waals surface area contributed by atoms with Crippen LogP contribution in [-0.2, 0) is 16.4 Å². The lowest BCUT2D eigenvalue weighted by Crippen LogP contribution is -2.34. The molecular formula is C23H24ClN3O3S2. The van der Waals surface area contributed by atoms with Crippen molar-refractivity contribution in [3.8, 4) is 0 Å². The largest absolute Gasteiger partial charge is 0.350 e. The number of sulfonamides is 1. The first-order valence-electron chi connectivity index (χ1n) is 10.2. The summed E-state index contributed by atoms with van der Waals surface area (Å²) in [5.74, 6) is -0.344. The summed E-state index contributed by atoms with van der Waals surface area (Å²) in [5.41, 5.74) is 1.89. The van der Waals surface area contributed by atoms with Gasteiger partial charge in [-0.25, -0.2) is 8.42 Å². The number of rotatable bonds is 7. The third kappa shape index (κ3) is 4.41. The van der Waals surface area contributed by atoms with Crippen LogP contribution in [0.3, 0.4) is 0 Å². The topological polar surface area (TPSA) is 69.7 Å². The smallest absolute Gasteiger partial charge is 0.265 e. The quantitative estimate of drug-likeness (QED) is 0.540. The molecule has 168 valence electrons. The van der Waals surface area contributed by atoms with Crippen LogP contribution >= 0.6 is 22.9 Å². The molecule has 0 aliphatic carbocycles. The number of nitrogens with one attached hydrogen (secondary N) is 1. The van der Waals surface area contributed by atoms with Crippen LogP contribution in [0.25, 0.3) is 0 Å². The van der Waals surface area contributed by atoms with Crippen LogP contribution in [0.2, 0.25) is 5.02 Å². The Hall–Kier alpha value is -2.39. The van der Waals surface area contributed by atoms with Crippen molar-refractivity contribution >= 4 is 44.6 Å². The van der Waals surface area contributed by atoms with Crippen molar-refractivity contribution in [3.63, 3.8) is 0 Å². The van der Waals surface area contributed by atoms with Crippen molar-refractivity contribution < 1.29 is 13.2 Å². The number of nitrogens with zero attached hydrogens (tertiary/aromatic N) is 2. The number of halogens is 1. The van der Waals surface area contributed by atoms with Crippen LogP contribution in [0.4, 0.5) is 5.69 Å². The third-order valence-corrected chi connectivity index (χ3v) is 8.83. The number of thiophene rings is 1. The molecule has 2 heterocycles. The van der Waals surface area contributed by atoms with Crippen LogP contribution in [0.5, 0.6) is 0 Å². The van der Waals surface area contributed by atoms with E-state index in [1.54, 1.807) is 23.5 Å². The van der Waals surface area contributed by atoms with Crippen molar-refractivity contribution in [2.75, 3.05) is 31.5 Å². The van der Waals surface area contributed by atoms with Crippen molar-refractivity contribution in [1.82, 2.24) is 10.2 Å². The van der Waals surface area contributed by atoms with Gasteiger partial charge in [-0.3, -0.25) is 9.10 Å². The Bertz CT molecular complexity index is 1230. The van der Waals surface area contributed by atoms with E-state index in [1.807, 2.05) is 54.7 Å². The molecule has 2 aromatic carbocycles. The van der Waals surface area contributed by atoms with E-state index in [1.165, 1.54) is 16.4 Å². The van der Waals surface area contributed by atoms with Gasteiger partial charge < -0.3 is 10.2 Å². The first kappa shape index (κ1) is 22.8. The molecular weight excluding hydrogens is 466 g/mol. The molecule has 1 aliphatic heterocycles. The van der Waals surface area contributed by atoms with E-state index in [-0.39, 0.29) is 27.4 Å². The molecule has 0 fully saturated rings. The van der Waals surface area contributed by atoms with Crippen LogP contribution < -0.4 is 9.62 Å². The predicted octanol–water partition coefficient (Wildman–Crippen LogP) is 4.19. The summed E-state index contributed by atoms with van der Waals surface area (Å²) < 4.78 is 28.2. The number of carbonyl (C=O) groups is 1. The second-order valence-electron chi connectivity index (χ2n) is 7.81. The van der Waals surface area contributed by atoms with Crippen LogP contribution in [0.15, 0.2) is 64.9 Å². The average Bonchev–Trinajstić information content (AvgIpc) is 3.44. The predicted molar refractivity (Wildman–Crippen MR) is 129 cm³/mol. The third-order valence-electron chi connectivity index (χ3n) is 5.56. The normalized spacial score (nSPS) is 14.4. The highest BCUT2D eigenvalue weighted by atomic mass is 35.5. The fraction of sp³-hybridized carbons (Fsp3) is 0.261. The summed E-state index contributed by atoms with van der Waals surface area (Å²) in [6.45, 7) is 0.746. The van der Waals surface area contributed by atoms with E-state index in [9.17, 15) is 13.2 Å². The monoisotopic (exact) mass is 489 g/mol. The maximum Gasteiger partial charge on any atom is 0.265 e. The van der Waals surface area contributed by atoms with Crippen molar-refractivity contribution in [2.45, 2.75) is 17.4 Å². The molecule has 0 spiro atoms. The molecule has 0 radical (unpaired) electrons. The standard InChI is InChI=1S/C23H24ClN3O3S2/c1-26(2)20(21-8-5-13-31-21)15-25-23(28)17-9-10-18(24)22(14-17)32(29,30)27-12-11-16-6-3-4-7-19(16)27/h3-10,13-14,20H,11-12,15H2,1-2H3,(H,25,28)/t20-/m0/s1. The number of hydrogen-bond donors (Lipinski definition) is 1. The number of amides is 1. The Labute approximate surface area is 197 Å². The van der Waals surface area contributed by atoms with Gasteiger partial charge in [-0.05, 0) is 61.8 Å². The van der Waals surface area contributed by atoms with Gasteiger partial charge in [0.05, 0.1) is 16.8 Å². The van der Waals surface area contributed by atoms with E-state index in [0.717, 1.165) is 10.4 Å². The highest BCUT2D eigenvalue weighted by molar-refractivity contribution is 7.93. The zero-order valence-electron chi connectivity index (χ0n) is 17.8. The van der Waals surface area contributed by atoms with Gasteiger partial charge in [0.15, 0.2) is 0 Å². The van der Waals surface area contributed by atoms with Crippen LogP contribution in [0.1, 0.15) is 26.8 Å². The zero-order chi connectivity index (χ0) is 22.9. The lowest BCUT2D eigenvalue weighted by atomic mass is 10.2. The number of carbonyl (C=O) groups excluding carboxylic acids is 1. The van der Waals surface area contributed by atoms with Gasteiger partial charge in [0.2, 0.25) is 0 Å². The van der Waals surface area contributed by atoms with Gasteiger partial charge in [-0.15, -0.1) is 11.3 Å². The Morgan fingerprint density at radius 3 is 2.69 bits per heavy atom. The fourth-order valence-corrected chi connectivity index (χ4v) is 6.76. The van der Waals surface area contributed by atoms with Gasteiger partial charge in [-0.2, -0.15) is 0 Å². The summed E-state index contributed by atoms with van der Waals surface area (Å²) >= 11 is 7.91. The second-order valence-corrected chi connectivity index (χ2v) is 11.0. The minimum atomic E-state index is -3.90. The number of para-hydroxylation sites is 1. The average molecular weight is 490 g/mol. The number of anilines is 1. The fourth-order valence-electron chi connectivity index (χ4n) is 3.83. The van der Waals surface area contributed by atoms with Gasteiger partial charge in [0.1, 0.15) is 4.90 Å². The van der Waals surface area contributed by atoms with E-state index in [2.05, 4.69) is 5.32 Å². The van der Waals surface area contributed by atoms with Gasteiger partial charge in [0.25, 0.3) is 15.9 Å². The van der Waals surface area contributed by atoms with Crippen LogP contribution in [0, 0.1) is 0 Å². The molecule has 6 nitrogen and oxygen atoms in total. The Kier molecular flexibility index (Phi) is 6.57. The zero-order valence-corrected chi connectivity index (χ0v) is 20.2. The Balaban J connectivity index is 1.57. The number of fused-ring (bicyclic) bond motifs is 1. The van der Waals surface area contributed by atoms with Crippen molar-refractivity contribution in [3.05, 3.63) is 81.0 Å². The highest BCUT2D eigenvalue weighted by Crippen LogP contribution is 2.35. The molecule has 9 heteroatoms. The minimum absolute atomic E-state index is 0.0237. The molecule has 0 unspecified atom stereocenters. The molecule has 0 bridgehead atoms. The summed E-state index contributed by atoms with van der Waals surface area (Å²) in [4.78, 5) is 16.0. The molecule has 4 rings (SSSR count). The summed E-state index contributed by atoms with van der Waals surface area (Å²) in [6.07, 6.45) is 0.641. The van der Waals surface area contributed by atoms with E-state index in [4.69, 9.17) is 11.6 Å². The van der Waals surface area contributed by atoms with E-state index >= 15 is 0 Å². The lowest BCUT2D eigenvalue weighted by molar-refractivity contribution is 0.0942. The maximum absolute atomic E-state index is 13.4. The number of likely N-dealkylation sites (N-methyl/N-ethyl adjacent to an activating group) is 1. The number of hydrogen-bond acceptors (Lipinski definition) is 5.